The summed E-state index contributed by atoms with van der Waals surface area (Å²) in [5, 5.41) is 7.57. The first kappa shape index (κ1) is 14.4. The molecular weight excluding hydrogens is 278 g/mol. The Morgan fingerprint density at radius 1 is 1.45 bits per heavy atom. The predicted octanol–water partition coefficient (Wildman–Crippen LogP) is 2.12. The topological polar surface area (TPSA) is 56.2 Å². The van der Waals surface area contributed by atoms with Gasteiger partial charge in [0.2, 0.25) is 0 Å². The summed E-state index contributed by atoms with van der Waals surface area (Å²) in [4.78, 5) is 11.7. The summed E-state index contributed by atoms with van der Waals surface area (Å²) in [6.07, 6.45) is 3.56. The van der Waals surface area contributed by atoms with Crippen molar-refractivity contribution in [3.8, 4) is 5.75 Å². The van der Waals surface area contributed by atoms with Crippen molar-refractivity contribution < 1.29 is 9.53 Å². The Morgan fingerprint density at radius 3 is 2.85 bits per heavy atom. The van der Waals surface area contributed by atoms with E-state index in [1.54, 1.807) is 35.1 Å². The van der Waals surface area contributed by atoms with Gasteiger partial charge in [0.1, 0.15) is 5.75 Å². The Labute approximate surface area is 122 Å². The van der Waals surface area contributed by atoms with Gasteiger partial charge in [-0.05, 0) is 37.3 Å². The number of amides is 1. The normalized spacial score (nSPS) is 11.9. The number of carbonyl (C=O) groups excluding carboxylic acids is 1. The average Bonchev–Trinajstić information content (AvgIpc) is 2.90. The summed E-state index contributed by atoms with van der Waals surface area (Å²) >= 11 is 5.77. The number of carbonyl (C=O) groups is 1. The molecule has 0 bridgehead atoms. The molecule has 0 fully saturated rings. The molecule has 6 heteroatoms. The van der Waals surface area contributed by atoms with E-state index in [2.05, 4.69) is 10.4 Å². The largest absolute Gasteiger partial charge is 0.484 e. The molecule has 1 atom stereocenters. The van der Waals surface area contributed by atoms with E-state index in [0.717, 1.165) is 0 Å². The van der Waals surface area contributed by atoms with Crippen molar-refractivity contribution in [1.29, 1.82) is 0 Å². The molecule has 1 N–H and O–H groups in total. The highest BCUT2D eigenvalue weighted by molar-refractivity contribution is 6.30. The van der Waals surface area contributed by atoms with E-state index in [1.807, 2.05) is 19.2 Å². The van der Waals surface area contributed by atoms with E-state index in [9.17, 15) is 4.79 Å². The van der Waals surface area contributed by atoms with Crippen LogP contribution in [0, 0.1) is 0 Å². The average molecular weight is 294 g/mol. The van der Waals surface area contributed by atoms with Crippen molar-refractivity contribution in [1.82, 2.24) is 15.1 Å². The number of benzene rings is 1. The van der Waals surface area contributed by atoms with Crippen LogP contribution in [0.25, 0.3) is 0 Å². The van der Waals surface area contributed by atoms with Gasteiger partial charge >= 0.3 is 0 Å². The van der Waals surface area contributed by atoms with Crippen LogP contribution >= 0.6 is 11.6 Å². The standard InChI is InChI=1S/C14H16ClN3O2/c1-11(9-18-8-2-7-16-18)17-14(19)10-20-13-5-3-12(15)4-6-13/h2-8,11H,9-10H2,1H3,(H,17,19)/t11-/m0/s1. The minimum Gasteiger partial charge on any atom is -0.484 e. The number of rotatable bonds is 6. The van der Waals surface area contributed by atoms with Gasteiger partial charge in [0.05, 0.1) is 6.54 Å². The fraction of sp³-hybridized carbons (Fsp3) is 0.286. The van der Waals surface area contributed by atoms with Crippen LogP contribution in [0.5, 0.6) is 5.75 Å². The molecule has 1 aromatic heterocycles. The van der Waals surface area contributed by atoms with Crippen LogP contribution in [0.1, 0.15) is 6.92 Å². The van der Waals surface area contributed by atoms with Crippen molar-refractivity contribution in [3.05, 3.63) is 47.7 Å². The Kier molecular flexibility index (Phi) is 5.01. The maximum absolute atomic E-state index is 11.7. The smallest absolute Gasteiger partial charge is 0.258 e. The van der Waals surface area contributed by atoms with Crippen LogP contribution in [0.2, 0.25) is 5.02 Å². The quantitative estimate of drug-likeness (QED) is 0.887. The van der Waals surface area contributed by atoms with E-state index in [1.165, 1.54) is 0 Å². The first-order valence-corrected chi connectivity index (χ1v) is 6.66. The van der Waals surface area contributed by atoms with E-state index in [-0.39, 0.29) is 18.6 Å². The lowest BCUT2D eigenvalue weighted by Crippen LogP contribution is -2.38. The predicted molar refractivity (Wildman–Crippen MR) is 76.8 cm³/mol. The van der Waals surface area contributed by atoms with Gasteiger partial charge in [0.25, 0.3) is 5.91 Å². The Bertz CT molecular complexity index is 540. The molecule has 0 aliphatic carbocycles. The van der Waals surface area contributed by atoms with Crippen molar-refractivity contribution in [2.45, 2.75) is 19.5 Å². The molecule has 2 rings (SSSR count). The molecule has 5 nitrogen and oxygen atoms in total. The molecule has 0 saturated carbocycles. The van der Waals surface area contributed by atoms with Gasteiger partial charge < -0.3 is 10.1 Å². The summed E-state index contributed by atoms with van der Waals surface area (Å²) in [5.74, 6) is 0.448. The first-order valence-electron chi connectivity index (χ1n) is 6.28. The fourth-order valence-corrected chi connectivity index (χ4v) is 1.86. The molecule has 1 amide bonds. The van der Waals surface area contributed by atoms with Crippen molar-refractivity contribution in [2.24, 2.45) is 0 Å². The van der Waals surface area contributed by atoms with E-state index in [4.69, 9.17) is 16.3 Å². The molecule has 106 valence electrons. The number of nitrogens with zero attached hydrogens (tertiary/aromatic N) is 2. The van der Waals surface area contributed by atoms with E-state index >= 15 is 0 Å². The first-order chi connectivity index (χ1) is 9.63. The Hall–Kier alpha value is -2.01. The highest BCUT2D eigenvalue weighted by atomic mass is 35.5. The van der Waals surface area contributed by atoms with Gasteiger partial charge in [-0.1, -0.05) is 11.6 Å². The monoisotopic (exact) mass is 293 g/mol. The van der Waals surface area contributed by atoms with Crippen LogP contribution in [-0.4, -0.2) is 28.3 Å². The summed E-state index contributed by atoms with van der Waals surface area (Å²) in [6.45, 7) is 2.52. The molecule has 0 aliphatic heterocycles. The van der Waals surface area contributed by atoms with Gasteiger partial charge in [0, 0.05) is 23.5 Å². The zero-order valence-corrected chi connectivity index (χ0v) is 11.9. The summed E-state index contributed by atoms with van der Waals surface area (Å²) in [7, 11) is 0. The second-order valence-corrected chi connectivity index (χ2v) is 4.88. The molecule has 0 saturated heterocycles. The second-order valence-electron chi connectivity index (χ2n) is 4.44. The molecule has 0 spiro atoms. The lowest BCUT2D eigenvalue weighted by Gasteiger charge is -2.14. The van der Waals surface area contributed by atoms with Gasteiger partial charge in [-0.2, -0.15) is 5.10 Å². The number of halogens is 1. The molecular formula is C14H16ClN3O2. The Morgan fingerprint density at radius 2 is 2.20 bits per heavy atom. The van der Waals surface area contributed by atoms with Gasteiger partial charge in [0.15, 0.2) is 6.61 Å². The molecule has 2 aromatic rings. The minimum absolute atomic E-state index is 0.0174. The summed E-state index contributed by atoms with van der Waals surface area (Å²) in [5.41, 5.74) is 0. The van der Waals surface area contributed by atoms with Crippen LogP contribution in [0.15, 0.2) is 42.7 Å². The number of hydrogen-bond donors (Lipinski definition) is 1. The third-order valence-corrected chi connectivity index (χ3v) is 2.86. The molecule has 20 heavy (non-hydrogen) atoms. The third kappa shape index (κ3) is 4.59. The number of hydrogen-bond acceptors (Lipinski definition) is 3. The van der Waals surface area contributed by atoms with Crippen molar-refractivity contribution >= 4 is 17.5 Å². The zero-order valence-electron chi connectivity index (χ0n) is 11.1. The SMILES string of the molecule is C[C@@H](Cn1cccn1)NC(=O)COc1ccc(Cl)cc1. The second kappa shape index (κ2) is 6.96. The van der Waals surface area contributed by atoms with Crippen LogP contribution < -0.4 is 10.1 Å². The zero-order chi connectivity index (χ0) is 14.4. The Balaban J connectivity index is 1.73. The molecule has 0 aliphatic rings. The van der Waals surface area contributed by atoms with Gasteiger partial charge in [-0.3, -0.25) is 9.48 Å². The minimum atomic E-state index is -0.167. The van der Waals surface area contributed by atoms with E-state index in [0.29, 0.717) is 17.3 Å². The van der Waals surface area contributed by atoms with Crippen molar-refractivity contribution in [3.63, 3.8) is 0 Å². The highest BCUT2D eigenvalue weighted by Crippen LogP contribution is 2.15. The van der Waals surface area contributed by atoms with Crippen LogP contribution in [-0.2, 0) is 11.3 Å². The van der Waals surface area contributed by atoms with Crippen molar-refractivity contribution in [2.75, 3.05) is 6.61 Å². The van der Waals surface area contributed by atoms with Gasteiger partial charge in [-0.15, -0.1) is 0 Å². The maximum Gasteiger partial charge on any atom is 0.258 e. The summed E-state index contributed by atoms with van der Waals surface area (Å²) < 4.78 is 7.13. The molecule has 0 radical (unpaired) electrons. The third-order valence-electron chi connectivity index (χ3n) is 2.61. The lowest BCUT2D eigenvalue weighted by atomic mass is 10.3. The number of nitrogens with one attached hydrogen (secondary N) is 1. The number of ether oxygens (including phenoxy) is 1. The van der Waals surface area contributed by atoms with Gasteiger partial charge in [-0.25, -0.2) is 0 Å². The number of aromatic nitrogens is 2. The van der Waals surface area contributed by atoms with Crippen LogP contribution in [0.3, 0.4) is 0 Å². The van der Waals surface area contributed by atoms with Crippen LogP contribution in [0.4, 0.5) is 0 Å². The lowest BCUT2D eigenvalue weighted by molar-refractivity contribution is -0.123. The highest BCUT2D eigenvalue weighted by Gasteiger charge is 2.08. The molecule has 1 aromatic carbocycles. The molecule has 0 unspecified atom stereocenters. The molecule has 1 heterocycles. The summed E-state index contributed by atoms with van der Waals surface area (Å²) in [6, 6.07) is 8.71. The fourth-order valence-electron chi connectivity index (χ4n) is 1.73. The maximum atomic E-state index is 11.7. The van der Waals surface area contributed by atoms with E-state index < -0.39 is 0 Å².